The van der Waals surface area contributed by atoms with Crippen molar-refractivity contribution < 1.29 is 43.1 Å². The molecule has 0 radical (unpaired) electrons. The number of hydrogen-bond donors (Lipinski definition) is 3. The molecule has 0 saturated carbocycles. The van der Waals surface area contributed by atoms with Crippen LogP contribution < -0.4 is 16.1 Å². The Labute approximate surface area is 223 Å². The Bertz CT molecular complexity index is 1080. The minimum absolute atomic E-state index is 0.0317. The molecule has 0 aromatic carbocycles. The molecule has 0 aliphatic carbocycles. The van der Waals surface area contributed by atoms with Crippen molar-refractivity contribution in [2.24, 2.45) is 5.16 Å². The van der Waals surface area contributed by atoms with Crippen molar-refractivity contribution in [3.8, 4) is 0 Å². The third-order valence-corrected chi connectivity index (χ3v) is 5.76. The lowest BCUT2D eigenvalue weighted by molar-refractivity contribution is -0.195. The summed E-state index contributed by atoms with van der Waals surface area (Å²) in [5.74, 6) is -2.00. The number of nitrogens with one attached hydrogen (secondary N) is 3. The van der Waals surface area contributed by atoms with Gasteiger partial charge in [0.1, 0.15) is 29.5 Å². The molecule has 3 rings (SSSR count). The van der Waals surface area contributed by atoms with Gasteiger partial charge in [-0.2, -0.15) is 0 Å². The Morgan fingerprint density at radius 1 is 1.13 bits per heavy atom. The molecule has 0 spiro atoms. The zero-order valence-corrected chi connectivity index (χ0v) is 23.0. The topological polar surface area (TPSA) is 176 Å². The zero-order valence-electron chi connectivity index (χ0n) is 22.2. The van der Waals surface area contributed by atoms with E-state index < -0.39 is 46.7 Å². The molecule has 3 amide bonds. The summed E-state index contributed by atoms with van der Waals surface area (Å²) in [4.78, 5) is 65.2. The summed E-state index contributed by atoms with van der Waals surface area (Å²) < 4.78 is 16.2. The summed E-state index contributed by atoms with van der Waals surface area (Å²) >= 11 is 1.01. The van der Waals surface area contributed by atoms with E-state index in [1.165, 1.54) is 5.38 Å². The molecule has 1 atom stereocenters. The van der Waals surface area contributed by atoms with Crippen LogP contribution in [0.25, 0.3) is 0 Å². The molecule has 2 fully saturated rings. The Kier molecular flexibility index (Phi) is 8.94. The molecule has 0 unspecified atom stereocenters. The molecule has 3 heterocycles. The second-order valence-corrected chi connectivity index (χ2v) is 11.5. The van der Waals surface area contributed by atoms with Gasteiger partial charge in [0.15, 0.2) is 10.8 Å². The molecule has 14 nitrogen and oxygen atoms in total. The number of carbonyl (C=O) groups excluding carboxylic acids is 4. The lowest BCUT2D eigenvalue weighted by Gasteiger charge is -2.34. The van der Waals surface area contributed by atoms with E-state index in [0.29, 0.717) is 0 Å². The number of ether oxygens (including phenoxy) is 3. The van der Waals surface area contributed by atoms with E-state index in [1.54, 1.807) is 41.5 Å². The van der Waals surface area contributed by atoms with Crippen LogP contribution in [0.4, 0.5) is 9.93 Å². The van der Waals surface area contributed by atoms with Crippen molar-refractivity contribution >= 4 is 46.1 Å². The Balaban J connectivity index is 1.89. The van der Waals surface area contributed by atoms with Gasteiger partial charge in [-0.3, -0.25) is 19.7 Å². The normalized spacial score (nSPS) is 19.8. The van der Waals surface area contributed by atoms with Gasteiger partial charge in [0.25, 0.3) is 11.8 Å². The lowest BCUT2D eigenvalue weighted by Crippen LogP contribution is -2.49. The van der Waals surface area contributed by atoms with Gasteiger partial charge in [0.05, 0.1) is 13.2 Å². The van der Waals surface area contributed by atoms with E-state index in [2.05, 4.69) is 26.3 Å². The van der Waals surface area contributed by atoms with E-state index in [9.17, 15) is 19.2 Å². The predicted molar refractivity (Wildman–Crippen MR) is 134 cm³/mol. The number of carbonyl (C=O) groups is 4. The molecule has 15 heteroatoms. The second-order valence-electron chi connectivity index (χ2n) is 10.6. The predicted octanol–water partition coefficient (Wildman–Crippen LogP) is 1.65. The number of aromatic nitrogens is 1. The van der Waals surface area contributed by atoms with Crippen LogP contribution in [0.1, 0.15) is 60.1 Å². The average molecular weight is 556 g/mol. The largest absolute Gasteiger partial charge is 0.457 e. The third kappa shape index (κ3) is 8.10. The number of rotatable bonds is 7. The van der Waals surface area contributed by atoms with Crippen molar-refractivity contribution in [2.45, 2.75) is 77.2 Å². The number of anilines is 1. The molecule has 38 heavy (non-hydrogen) atoms. The van der Waals surface area contributed by atoms with E-state index >= 15 is 0 Å². The highest BCUT2D eigenvalue weighted by Gasteiger charge is 2.47. The summed E-state index contributed by atoms with van der Waals surface area (Å²) in [6.45, 7) is 10.7. The van der Waals surface area contributed by atoms with Crippen molar-refractivity contribution in [1.82, 2.24) is 15.8 Å². The van der Waals surface area contributed by atoms with Gasteiger partial charge in [-0.15, -0.1) is 11.3 Å². The summed E-state index contributed by atoms with van der Waals surface area (Å²) in [6, 6.07) is -0.978. The standard InChI is InChI=1S/C23H33N5O9S/c1-21(2,3)35-18(31)23(7-9-33-10-8-23)37-27-15(17(30)24-13-11-34-28-16(13)29)14-12-38-19(25-14)26-20(32)36-22(4,5)6/h12-13H,7-11H2,1-6H3,(H,24,30)(H,28,29)(H,25,26,32)/b27-15-/t13-/m0/s1. The Hall–Kier alpha value is -3.30. The second kappa shape index (κ2) is 11.6. The maximum Gasteiger partial charge on any atom is 0.413 e. The average Bonchev–Trinajstić information content (AvgIpc) is 3.41. The van der Waals surface area contributed by atoms with Crippen LogP contribution in [0.2, 0.25) is 0 Å². The first-order valence-corrected chi connectivity index (χ1v) is 12.8. The molecule has 2 saturated heterocycles. The highest BCUT2D eigenvalue weighted by atomic mass is 32.1. The summed E-state index contributed by atoms with van der Waals surface area (Å²) in [5.41, 5.74) is -1.16. The highest BCUT2D eigenvalue weighted by molar-refractivity contribution is 7.14. The zero-order chi connectivity index (χ0) is 28.1. The monoisotopic (exact) mass is 555 g/mol. The molecular weight excluding hydrogens is 522 g/mol. The summed E-state index contributed by atoms with van der Waals surface area (Å²) in [7, 11) is 0. The molecular formula is C23H33N5O9S. The molecule has 3 N–H and O–H groups in total. The first kappa shape index (κ1) is 29.3. The number of hydrogen-bond acceptors (Lipinski definition) is 12. The van der Waals surface area contributed by atoms with Crippen LogP contribution in [0.3, 0.4) is 0 Å². The number of hydroxylamine groups is 1. The van der Waals surface area contributed by atoms with E-state index in [1.807, 2.05) is 0 Å². The highest BCUT2D eigenvalue weighted by Crippen LogP contribution is 2.30. The fourth-order valence-electron chi connectivity index (χ4n) is 3.25. The van der Waals surface area contributed by atoms with Gasteiger partial charge in [-0.05, 0) is 41.5 Å². The molecule has 2 aliphatic heterocycles. The van der Waals surface area contributed by atoms with Crippen molar-refractivity contribution in [2.75, 3.05) is 25.1 Å². The van der Waals surface area contributed by atoms with E-state index in [-0.39, 0.29) is 49.2 Å². The quantitative estimate of drug-likeness (QED) is 0.255. The Morgan fingerprint density at radius 2 is 1.79 bits per heavy atom. The minimum Gasteiger partial charge on any atom is -0.457 e. The lowest BCUT2D eigenvalue weighted by atomic mass is 9.94. The van der Waals surface area contributed by atoms with Crippen LogP contribution in [0.15, 0.2) is 10.5 Å². The molecule has 1 aromatic heterocycles. The van der Waals surface area contributed by atoms with Crippen LogP contribution in [-0.4, -0.2) is 77.2 Å². The smallest absolute Gasteiger partial charge is 0.413 e. The molecule has 1 aromatic rings. The number of esters is 1. The van der Waals surface area contributed by atoms with Crippen LogP contribution in [-0.2, 0) is 38.3 Å². The fraction of sp³-hybridized carbons (Fsp3) is 0.652. The SMILES string of the molecule is CC(C)(C)OC(=O)Nc1nc(/C(=N/OC2(C(=O)OC(C)(C)C)CCOCC2)C(=O)N[C@H]2CONC2=O)cs1. The molecule has 210 valence electrons. The summed E-state index contributed by atoms with van der Waals surface area (Å²) in [6.07, 6.45) is -0.452. The molecule has 0 bridgehead atoms. The van der Waals surface area contributed by atoms with Crippen LogP contribution in [0, 0.1) is 0 Å². The number of nitrogens with zero attached hydrogens (tertiary/aromatic N) is 2. The van der Waals surface area contributed by atoms with Gasteiger partial charge in [-0.1, -0.05) is 5.16 Å². The van der Waals surface area contributed by atoms with Crippen molar-refractivity contribution in [1.29, 1.82) is 0 Å². The minimum atomic E-state index is -1.50. The number of oxime groups is 1. The van der Waals surface area contributed by atoms with Gasteiger partial charge in [0, 0.05) is 18.2 Å². The Morgan fingerprint density at radius 3 is 2.37 bits per heavy atom. The first-order chi connectivity index (χ1) is 17.7. The van der Waals surface area contributed by atoms with E-state index in [4.69, 9.17) is 23.9 Å². The first-order valence-electron chi connectivity index (χ1n) is 11.9. The number of amides is 3. The maximum absolute atomic E-state index is 13.2. The van der Waals surface area contributed by atoms with Crippen molar-refractivity contribution in [3.05, 3.63) is 11.1 Å². The fourth-order valence-corrected chi connectivity index (χ4v) is 3.93. The third-order valence-electron chi connectivity index (χ3n) is 5.00. The van der Waals surface area contributed by atoms with Crippen molar-refractivity contribution in [3.63, 3.8) is 0 Å². The number of thiazole rings is 1. The van der Waals surface area contributed by atoms with Crippen LogP contribution >= 0.6 is 11.3 Å². The maximum atomic E-state index is 13.2. The van der Waals surface area contributed by atoms with Gasteiger partial charge in [0.2, 0.25) is 5.60 Å². The summed E-state index contributed by atoms with van der Waals surface area (Å²) in [5, 5.41) is 10.6. The van der Waals surface area contributed by atoms with Gasteiger partial charge in [-0.25, -0.2) is 20.1 Å². The van der Waals surface area contributed by atoms with Crippen LogP contribution in [0.5, 0.6) is 0 Å². The van der Waals surface area contributed by atoms with Gasteiger partial charge >= 0.3 is 12.1 Å². The van der Waals surface area contributed by atoms with E-state index in [0.717, 1.165) is 11.3 Å². The molecule has 2 aliphatic rings. The van der Waals surface area contributed by atoms with Gasteiger partial charge < -0.3 is 24.4 Å².